The van der Waals surface area contributed by atoms with Crippen molar-refractivity contribution in [2.24, 2.45) is 11.7 Å². The molecule has 2 atom stereocenters. The van der Waals surface area contributed by atoms with Crippen LogP contribution >= 0.6 is 0 Å². The summed E-state index contributed by atoms with van der Waals surface area (Å²) >= 11 is 0. The fraction of sp³-hybridized carbons (Fsp3) is 0.581. The first-order valence-corrected chi connectivity index (χ1v) is 14.1. The lowest BCUT2D eigenvalue weighted by Gasteiger charge is -2.37. The Kier molecular flexibility index (Phi) is 11.0. The van der Waals surface area contributed by atoms with Crippen LogP contribution in [0.15, 0.2) is 30.3 Å². The fourth-order valence-corrected chi connectivity index (χ4v) is 5.67. The zero-order valence-electron chi connectivity index (χ0n) is 24.2. The van der Waals surface area contributed by atoms with Crippen molar-refractivity contribution in [3.05, 3.63) is 35.9 Å². The van der Waals surface area contributed by atoms with Crippen LogP contribution in [0, 0.1) is 17.2 Å². The number of nitriles is 1. The third kappa shape index (κ3) is 6.47. The van der Waals surface area contributed by atoms with Gasteiger partial charge in [0.15, 0.2) is 23.0 Å². The molecule has 2 N–H and O–H groups in total. The van der Waals surface area contributed by atoms with E-state index in [1.54, 1.807) is 14.2 Å². The molecule has 1 heterocycles. The molecule has 2 unspecified atom stereocenters. The van der Waals surface area contributed by atoms with Crippen LogP contribution in [0.3, 0.4) is 0 Å². The number of nitrogens with zero attached hydrogens (tertiary/aromatic N) is 1. The lowest BCUT2D eigenvalue weighted by atomic mass is 9.65. The first-order valence-electron chi connectivity index (χ1n) is 14.1. The van der Waals surface area contributed by atoms with Crippen molar-refractivity contribution < 1.29 is 28.4 Å². The number of benzene rings is 2. The zero-order chi connectivity index (χ0) is 28.4. The van der Waals surface area contributed by atoms with E-state index >= 15 is 0 Å². The van der Waals surface area contributed by atoms with Gasteiger partial charge < -0.3 is 34.2 Å². The van der Waals surface area contributed by atoms with Crippen molar-refractivity contribution in [1.82, 2.24) is 0 Å². The van der Waals surface area contributed by atoms with Crippen LogP contribution in [-0.2, 0) is 5.41 Å². The van der Waals surface area contributed by atoms with Crippen LogP contribution in [0.25, 0.3) is 0 Å². The molecular weight excluding hydrogens is 496 g/mol. The van der Waals surface area contributed by atoms with Gasteiger partial charge in [0.25, 0.3) is 0 Å². The number of rotatable bonds is 16. The molecule has 39 heavy (non-hydrogen) atoms. The van der Waals surface area contributed by atoms with Crippen LogP contribution in [0.4, 0.5) is 0 Å². The van der Waals surface area contributed by atoms with Gasteiger partial charge in [-0.15, -0.1) is 0 Å². The SMILES string of the molecule is CCOc1cc(C(C#N)(CCCC(N)CC2Oc3ccccc3O2)C(CC)CC)c(OCC)c(OC)c1OC. The van der Waals surface area contributed by atoms with Gasteiger partial charge in [0.2, 0.25) is 17.8 Å². The summed E-state index contributed by atoms with van der Waals surface area (Å²) in [4.78, 5) is 0. The van der Waals surface area contributed by atoms with E-state index < -0.39 is 11.7 Å². The van der Waals surface area contributed by atoms with Crippen molar-refractivity contribution >= 4 is 0 Å². The first kappa shape index (κ1) is 30.2. The molecule has 0 saturated heterocycles. The van der Waals surface area contributed by atoms with Crippen LogP contribution in [0.2, 0.25) is 0 Å². The van der Waals surface area contributed by atoms with Crippen LogP contribution in [0.1, 0.15) is 71.8 Å². The van der Waals surface area contributed by atoms with Gasteiger partial charge in [-0.25, -0.2) is 0 Å². The van der Waals surface area contributed by atoms with E-state index in [1.165, 1.54) is 0 Å². The molecule has 0 aromatic heterocycles. The molecule has 0 amide bonds. The van der Waals surface area contributed by atoms with Gasteiger partial charge in [0.1, 0.15) is 0 Å². The molecule has 0 radical (unpaired) electrons. The molecule has 0 fully saturated rings. The highest BCUT2D eigenvalue weighted by molar-refractivity contribution is 5.65. The summed E-state index contributed by atoms with van der Waals surface area (Å²) in [5, 5.41) is 10.9. The number of ether oxygens (including phenoxy) is 6. The van der Waals surface area contributed by atoms with Gasteiger partial charge in [0.05, 0.1) is 38.9 Å². The Morgan fingerprint density at radius 2 is 1.56 bits per heavy atom. The molecule has 8 heteroatoms. The largest absolute Gasteiger partial charge is 0.490 e. The molecule has 3 rings (SSSR count). The van der Waals surface area contributed by atoms with Crippen molar-refractivity contribution in [1.29, 1.82) is 5.26 Å². The van der Waals surface area contributed by atoms with E-state index in [0.717, 1.165) is 42.7 Å². The Morgan fingerprint density at radius 3 is 2.08 bits per heavy atom. The van der Waals surface area contributed by atoms with E-state index in [9.17, 15) is 5.26 Å². The summed E-state index contributed by atoms with van der Waals surface area (Å²) in [6, 6.07) is 12.1. The summed E-state index contributed by atoms with van der Waals surface area (Å²) in [7, 11) is 3.15. The van der Waals surface area contributed by atoms with Crippen LogP contribution in [0.5, 0.6) is 34.5 Å². The van der Waals surface area contributed by atoms with E-state index in [4.69, 9.17) is 34.2 Å². The number of hydrogen-bond acceptors (Lipinski definition) is 8. The molecule has 0 bridgehead atoms. The maximum absolute atomic E-state index is 10.9. The van der Waals surface area contributed by atoms with Crippen LogP contribution < -0.4 is 34.2 Å². The van der Waals surface area contributed by atoms with Gasteiger partial charge in [0, 0.05) is 18.0 Å². The number of hydrogen-bond donors (Lipinski definition) is 1. The molecule has 214 valence electrons. The van der Waals surface area contributed by atoms with Gasteiger partial charge >= 0.3 is 0 Å². The Balaban J connectivity index is 1.90. The topological polar surface area (TPSA) is 105 Å². The minimum absolute atomic E-state index is 0.0847. The predicted molar refractivity (Wildman–Crippen MR) is 151 cm³/mol. The molecular formula is C31H44N2O6. The maximum Gasteiger partial charge on any atom is 0.243 e. The Morgan fingerprint density at radius 1 is 0.949 bits per heavy atom. The van der Waals surface area contributed by atoms with Gasteiger partial charge in [-0.05, 0) is 57.2 Å². The quantitative estimate of drug-likeness (QED) is 0.261. The Bertz CT molecular complexity index is 1090. The summed E-state index contributed by atoms with van der Waals surface area (Å²) < 4.78 is 35.4. The smallest absolute Gasteiger partial charge is 0.243 e. The monoisotopic (exact) mass is 540 g/mol. The lowest BCUT2D eigenvalue weighted by molar-refractivity contribution is 0.0349. The number of methoxy groups -OCH3 is 2. The zero-order valence-corrected chi connectivity index (χ0v) is 24.2. The molecule has 1 aliphatic heterocycles. The van der Waals surface area contributed by atoms with Gasteiger partial charge in [-0.2, -0.15) is 5.26 Å². The highest BCUT2D eigenvalue weighted by atomic mass is 16.7. The average Bonchev–Trinajstić information content (AvgIpc) is 3.35. The molecule has 0 aliphatic carbocycles. The minimum Gasteiger partial charge on any atom is -0.490 e. The minimum atomic E-state index is -0.838. The number of para-hydroxylation sites is 2. The maximum atomic E-state index is 10.9. The number of fused-ring (bicyclic) bond motifs is 1. The van der Waals surface area contributed by atoms with E-state index in [1.807, 2.05) is 44.2 Å². The summed E-state index contributed by atoms with van der Waals surface area (Å²) in [5.74, 6) is 3.54. The Labute approximate surface area is 233 Å². The summed E-state index contributed by atoms with van der Waals surface area (Å²) in [6.07, 6.45) is 3.91. The second-order valence-electron chi connectivity index (χ2n) is 9.78. The summed E-state index contributed by atoms with van der Waals surface area (Å²) in [6.45, 7) is 8.95. The lowest BCUT2D eigenvalue weighted by Crippen LogP contribution is -2.35. The first-order chi connectivity index (χ1) is 18.9. The second kappa shape index (κ2) is 14.2. The van der Waals surface area contributed by atoms with E-state index in [-0.39, 0.29) is 12.0 Å². The van der Waals surface area contributed by atoms with E-state index in [0.29, 0.717) is 49.1 Å². The van der Waals surface area contributed by atoms with Crippen LogP contribution in [-0.4, -0.2) is 39.8 Å². The van der Waals surface area contributed by atoms with Crippen molar-refractivity contribution in [3.63, 3.8) is 0 Å². The second-order valence-corrected chi connectivity index (χ2v) is 9.78. The summed E-state index contributed by atoms with van der Waals surface area (Å²) in [5.41, 5.74) is 6.47. The molecule has 2 aromatic carbocycles. The van der Waals surface area contributed by atoms with Crippen molar-refractivity contribution in [2.45, 2.75) is 84.0 Å². The third-order valence-corrected chi connectivity index (χ3v) is 7.52. The molecule has 8 nitrogen and oxygen atoms in total. The molecule has 0 saturated carbocycles. The standard InChI is InChI=1S/C31H44N2O6/c1-7-21(8-2)31(20-32,17-13-14-22(33)18-27-38-24-15-11-12-16-25(24)39-27)23-19-26(36-9-3)29(34-5)30(35-6)28(23)37-10-4/h11-12,15-16,19,21-22,27H,7-10,13-14,17-18,33H2,1-6H3. The fourth-order valence-electron chi connectivity index (χ4n) is 5.67. The van der Waals surface area contributed by atoms with Gasteiger partial charge in [-0.1, -0.05) is 38.8 Å². The Hall–Kier alpha value is -3.31. The highest BCUT2D eigenvalue weighted by Gasteiger charge is 2.43. The normalized spacial score (nSPS) is 14.9. The highest BCUT2D eigenvalue weighted by Crippen LogP contribution is 2.54. The number of nitrogens with two attached hydrogens (primary N) is 1. The third-order valence-electron chi connectivity index (χ3n) is 7.52. The van der Waals surface area contributed by atoms with Crippen molar-refractivity contribution in [3.8, 4) is 40.6 Å². The van der Waals surface area contributed by atoms with Crippen molar-refractivity contribution in [2.75, 3.05) is 27.4 Å². The van der Waals surface area contributed by atoms with E-state index in [2.05, 4.69) is 19.9 Å². The predicted octanol–water partition coefficient (Wildman–Crippen LogP) is 6.38. The molecule has 2 aromatic rings. The average molecular weight is 541 g/mol. The molecule has 0 spiro atoms. The molecule has 1 aliphatic rings. The van der Waals surface area contributed by atoms with Gasteiger partial charge in [-0.3, -0.25) is 0 Å².